The average Bonchev–Trinajstić information content (AvgIpc) is 2.88. The summed E-state index contributed by atoms with van der Waals surface area (Å²) in [5.74, 6) is 1.90. The van der Waals surface area contributed by atoms with Gasteiger partial charge in [0.1, 0.15) is 23.6 Å². The Morgan fingerprint density at radius 2 is 1.93 bits per heavy atom. The molecule has 3 aromatic rings. The van der Waals surface area contributed by atoms with Gasteiger partial charge in [0.05, 0.1) is 19.9 Å². The number of ether oxygens (including phenoxy) is 3. The Labute approximate surface area is 165 Å². The number of hydrogen-bond acceptors (Lipinski definition) is 7. The highest BCUT2D eigenvalue weighted by atomic mass is 35.5. The van der Waals surface area contributed by atoms with Crippen LogP contribution < -0.4 is 24.8 Å². The van der Waals surface area contributed by atoms with Crippen molar-refractivity contribution in [2.75, 3.05) is 24.9 Å². The van der Waals surface area contributed by atoms with Crippen molar-refractivity contribution in [2.45, 2.75) is 6.54 Å². The highest BCUT2D eigenvalue weighted by molar-refractivity contribution is 6.30. The van der Waals surface area contributed by atoms with Crippen LogP contribution in [-0.2, 0) is 6.54 Å². The summed E-state index contributed by atoms with van der Waals surface area (Å²) in [5.41, 5.74) is 1.53. The van der Waals surface area contributed by atoms with Gasteiger partial charge >= 0.3 is 0 Å². The maximum atomic E-state index is 14.1. The van der Waals surface area contributed by atoms with Crippen LogP contribution in [0.3, 0.4) is 0 Å². The number of anilines is 3. The van der Waals surface area contributed by atoms with Gasteiger partial charge in [-0.1, -0.05) is 11.6 Å². The first-order valence-electron chi connectivity index (χ1n) is 8.32. The van der Waals surface area contributed by atoms with Crippen LogP contribution in [0.5, 0.6) is 23.1 Å². The van der Waals surface area contributed by atoms with Gasteiger partial charge in [0.2, 0.25) is 5.88 Å². The van der Waals surface area contributed by atoms with E-state index in [0.717, 1.165) is 5.56 Å². The second kappa shape index (κ2) is 7.40. The molecule has 0 amide bonds. The standard InChI is InChI=1S/C19H16ClFN4O3/c1-26-15-5-10-8-22-17-18(25-13-6-11(20)3-4-12(13)21)23-9-24-19(17)28-14(10)7-16(15)27-2/h3-7,9,22H,8H2,1-2H3,(H,23,24,25). The molecule has 0 spiro atoms. The molecule has 7 nitrogen and oxygen atoms in total. The van der Waals surface area contributed by atoms with Crippen molar-refractivity contribution in [3.8, 4) is 23.1 Å². The van der Waals surface area contributed by atoms with Crippen molar-refractivity contribution in [1.82, 2.24) is 9.97 Å². The van der Waals surface area contributed by atoms with E-state index in [9.17, 15) is 4.39 Å². The number of nitrogens with one attached hydrogen (secondary N) is 2. The van der Waals surface area contributed by atoms with Crippen molar-refractivity contribution in [1.29, 1.82) is 0 Å². The topological polar surface area (TPSA) is 77.5 Å². The molecule has 0 fully saturated rings. The molecule has 1 aromatic heterocycles. The van der Waals surface area contributed by atoms with E-state index in [1.807, 2.05) is 6.07 Å². The smallest absolute Gasteiger partial charge is 0.248 e. The third-order valence-electron chi connectivity index (χ3n) is 4.22. The third-order valence-corrected chi connectivity index (χ3v) is 4.46. The molecular weight excluding hydrogens is 387 g/mol. The molecule has 1 aliphatic rings. The summed E-state index contributed by atoms with van der Waals surface area (Å²) in [6.45, 7) is 0.419. The van der Waals surface area contributed by atoms with Gasteiger partial charge in [-0.05, 0) is 24.3 Å². The van der Waals surface area contributed by atoms with E-state index in [0.29, 0.717) is 46.2 Å². The summed E-state index contributed by atoms with van der Waals surface area (Å²) in [7, 11) is 3.12. The first kappa shape index (κ1) is 18.1. The summed E-state index contributed by atoms with van der Waals surface area (Å²) >= 11 is 5.97. The molecule has 0 radical (unpaired) electrons. The number of methoxy groups -OCH3 is 2. The second-order valence-corrected chi connectivity index (χ2v) is 6.36. The van der Waals surface area contributed by atoms with Crippen LogP contribution >= 0.6 is 11.6 Å². The van der Waals surface area contributed by atoms with Gasteiger partial charge in [-0.3, -0.25) is 0 Å². The summed E-state index contributed by atoms with van der Waals surface area (Å²) < 4.78 is 30.8. The Kier molecular flexibility index (Phi) is 4.79. The lowest BCUT2D eigenvalue weighted by molar-refractivity contribution is 0.351. The van der Waals surface area contributed by atoms with Gasteiger partial charge in [0.25, 0.3) is 0 Å². The lowest BCUT2D eigenvalue weighted by Gasteiger charge is -2.13. The zero-order valence-electron chi connectivity index (χ0n) is 15.0. The maximum absolute atomic E-state index is 14.1. The van der Waals surface area contributed by atoms with E-state index >= 15 is 0 Å². The zero-order valence-corrected chi connectivity index (χ0v) is 15.8. The van der Waals surface area contributed by atoms with Gasteiger partial charge in [-0.25, -0.2) is 9.37 Å². The van der Waals surface area contributed by atoms with Crippen molar-refractivity contribution in [3.05, 3.63) is 53.1 Å². The Balaban J connectivity index is 1.71. The quantitative estimate of drug-likeness (QED) is 0.652. The van der Waals surface area contributed by atoms with Crippen molar-refractivity contribution in [2.24, 2.45) is 0 Å². The molecule has 28 heavy (non-hydrogen) atoms. The van der Waals surface area contributed by atoms with Crippen molar-refractivity contribution < 1.29 is 18.6 Å². The minimum Gasteiger partial charge on any atom is -0.493 e. The molecule has 9 heteroatoms. The summed E-state index contributed by atoms with van der Waals surface area (Å²) in [5, 5.41) is 6.57. The molecule has 4 rings (SSSR count). The van der Waals surface area contributed by atoms with Crippen molar-refractivity contribution >= 4 is 28.8 Å². The first-order valence-corrected chi connectivity index (χ1v) is 8.70. The van der Waals surface area contributed by atoms with Crippen LogP contribution in [0.15, 0.2) is 36.7 Å². The fourth-order valence-electron chi connectivity index (χ4n) is 2.85. The number of fused-ring (bicyclic) bond motifs is 2. The highest BCUT2D eigenvalue weighted by Gasteiger charge is 2.22. The molecule has 2 N–H and O–H groups in total. The molecule has 0 saturated carbocycles. The predicted octanol–water partition coefficient (Wildman–Crippen LogP) is 4.75. The number of benzene rings is 2. The molecule has 0 unspecified atom stereocenters. The number of aromatic nitrogens is 2. The molecule has 2 heterocycles. The fraction of sp³-hybridized carbons (Fsp3) is 0.158. The summed E-state index contributed by atoms with van der Waals surface area (Å²) in [4.78, 5) is 8.40. The molecule has 0 aliphatic carbocycles. The number of rotatable bonds is 4. The van der Waals surface area contributed by atoms with Crippen LogP contribution in [0.1, 0.15) is 5.56 Å². The van der Waals surface area contributed by atoms with Crippen LogP contribution in [0.4, 0.5) is 21.6 Å². The fourth-order valence-corrected chi connectivity index (χ4v) is 3.02. The molecule has 144 valence electrons. The number of hydrogen-bond donors (Lipinski definition) is 2. The maximum Gasteiger partial charge on any atom is 0.248 e. The Morgan fingerprint density at radius 1 is 1.14 bits per heavy atom. The van der Waals surface area contributed by atoms with Crippen LogP contribution in [0, 0.1) is 5.82 Å². The second-order valence-electron chi connectivity index (χ2n) is 5.92. The lowest BCUT2D eigenvalue weighted by atomic mass is 10.1. The number of nitrogens with zero attached hydrogens (tertiary/aromatic N) is 2. The van der Waals surface area contributed by atoms with E-state index in [1.165, 1.54) is 24.5 Å². The van der Waals surface area contributed by atoms with Gasteiger partial charge in [0, 0.05) is 23.2 Å². The highest BCUT2D eigenvalue weighted by Crippen LogP contribution is 2.42. The molecule has 0 atom stereocenters. The molecule has 0 saturated heterocycles. The normalized spacial score (nSPS) is 12.0. The lowest BCUT2D eigenvalue weighted by Crippen LogP contribution is -2.05. The van der Waals surface area contributed by atoms with Crippen LogP contribution in [0.25, 0.3) is 0 Å². The largest absolute Gasteiger partial charge is 0.493 e. The first-order chi connectivity index (χ1) is 13.6. The van der Waals surface area contributed by atoms with E-state index < -0.39 is 5.82 Å². The molecule has 2 aromatic carbocycles. The van der Waals surface area contributed by atoms with E-state index in [2.05, 4.69) is 20.6 Å². The van der Waals surface area contributed by atoms with Crippen LogP contribution in [0.2, 0.25) is 5.02 Å². The van der Waals surface area contributed by atoms with E-state index in [4.69, 9.17) is 25.8 Å². The third kappa shape index (κ3) is 3.34. The van der Waals surface area contributed by atoms with Crippen LogP contribution in [-0.4, -0.2) is 24.2 Å². The Morgan fingerprint density at radius 3 is 2.71 bits per heavy atom. The van der Waals surface area contributed by atoms with Crippen molar-refractivity contribution in [3.63, 3.8) is 0 Å². The zero-order chi connectivity index (χ0) is 19.7. The van der Waals surface area contributed by atoms with E-state index in [-0.39, 0.29) is 5.69 Å². The SMILES string of the molecule is COc1cc2c(cc1OC)Oc1ncnc(Nc3cc(Cl)ccc3F)c1NC2. The number of halogens is 2. The van der Waals surface area contributed by atoms with Gasteiger partial charge in [-0.15, -0.1) is 0 Å². The monoisotopic (exact) mass is 402 g/mol. The predicted molar refractivity (Wildman–Crippen MR) is 104 cm³/mol. The molecule has 1 aliphatic heterocycles. The summed E-state index contributed by atoms with van der Waals surface area (Å²) in [6.07, 6.45) is 1.33. The minimum absolute atomic E-state index is 0.195. The minimum atomic E-state index is -0.455. The molecule has 0 bridgehead atoms. The average molecular weight is 403 g/mol. The Bertz CT molecular complexity index is 1050. The van der Waals surface area contributed by atoms with Gasteiger partial charge < -0.3 is 24.8 Å². The van der Waals surface area contributed by atoms with E-state index in [1.54, 1.807) is 20.3 Å². The Hall–Kier alpha value is -3.26. The van der Waals surface area contributed by atoms with Gasteiger partial charge in [0.15, 0.2) is 17.3 Å². The summed E-state index contributed by atoms with van der Waals surface area (Å²) in [6, 6.07) is 7.79. The molecular formula is C19H16ClFN4O3. The van der Waals surface area contributed by atoms with Gasteiger partial charge in [-0.2, -0.15) is 4.98 Å².